The molecular formula is C16H18O4. The highest BCUT2D eigenvalue weighted by atomic mass is 16.4. The number of hydrogen-bond donors (Lipinski definition) is 2. The summed E-state index contributed by atoms with van der Waals surface area (Å²) in [5.41, 5.74) is 0.553. The predicted molar refractivity (Wildman–Crippen MR) is 72.7 cm³/mol. The van der Waals surface area contributed by atoms with Crippen molar-refractivity contribution in [2.75, 3.05) is 0 Å². The molecule has 0 aliphatic heterocycles. The van der Waals surface area contributed by atoms with Crippen LogP contribution in [0.2, 0.25) is 0 Å². The first-order chi connectivity index (χ1) is 9.57. The number of rotatable bonds is 2. The zero-order valence-corrected chi connectivity index (χ0v) is 11.2. The number of hydrogen-bond acceptors (Lipinski definition) is 2. The van der Waals surface area contributed by atoms with E-state index in [0.717, 1.165) is 24.8 Å². The number of aliphatic carboxylic acids is 2. The molecule has 3 atom stereocenters. The molecule has 1 aromatic rings. The number of carboxylic acid groups (broad SMARTS) is 2. The first-order valence-corrected chi connectivity index (χ1v) is 7.13. The van der Waals surface area contributed by atoms with E-state index in [1.54, 1.807) is 12.1 Å². The fourth-order valence-electron chi connectivity index (χ4n) is 4.17. The minimum atomic E-state index is -0.874. The summed E-state index contributed by atoms with van der Waals surface area (Å²) in [5.74, 6) is -2.27. The topological polar surface area (TPSA) is 74.6 Å². The lowest BCUT2D eigenvalue weighted by Crippen LogP contribution is -2.49. The highest BCUT2D eigenvalue weighted by Gasteiger charge is 2.54. The van der Waals surface area contributed by atoms with Crippen LogP contribution in [0.5, 0.6) is 0 Å². The van der Waals surface area contributed by atoms with Crippen molar-refractivity contribution < 1.29 is 19.8 Å². The van der Waals surface area contributed by atoms with Crippen LogP contribution in [0.25, 0.3) is 0 Å². The van der Waals surface area contributed by atoms with Crippen LogP contribution in [0.3, 0.4) is 0 Å². The molecule has 0 amide bonds. The minimum Gasteiger partial charge on any atom is -0.481 e. The minimum absolute atomic E-state index is 0.0650. The molecule has 1 saturated carbocycles. The van der Waals surface area contributed by atoms with Gasteiger partial charge in [0.2, 0.25) is 0 Å². The van der Waals surface area contributed by atoms with Crippen LogP contribution in [0.1, 0.15) is 49.1 Å². The normalized spacial score (nSPS) is 32.0. The van der Waals surface area contributed by atoms with Crippen molar-refractivity contribution in [3.05, 3.63) is 35.4 Å². The Balaban J connectivity index is 2.21. The number of carbonyl (C=O) groups is 2. The maximum absolute atomic E-state index is 12.0. The predicted octanol–water partition coefficient (Wildman–Crippen LogP) is 2.77. The third kappa shape index (κ3) is 1.67. The summed E-state index contributed by atoms with van der Waals surface area (Å²) >= 11 is 0. The molecular weight excluding hydrogens is 256 g/mol. The van der Waals surface area contributed by atoms with Crippen LogP contribution in [-0.2, 0) is 15.0 Å². The second kappa shape index (κ2) is 4.62. The van der Waals surface area contributed by atoms with Crippen molar-refractivity contribution in [1.29, 1.82) is 0 Å². The molecule has 20 heavy (non-hydrogen) atoms. The molecule has 4 nitrogen and oxygen atoms in total. The lowest BCUT2D eigenvalue weighted by Gasteiger charge is -2.47. The molecule has 1 fully saturated rings. The summed E-state index contributed by atoms with van der Waals surface area (Å²) in [6, 6.07) is 7.22. The van der Waals surface area contributed by atoms with E-state index in [1.165, 1.54) is 0 Å². The number of fused-ring (bicyclic) bond motifs is 3. The van der Waals surface area contributed by atoms with Crippen molar-refractivity contribution in [3.8, 4) is 0 Å². The Bertz CT molecular complexity index is 565. The molecule has 106 valence electrons. The molecule has 0 spiro atoms. The first-order valence-electron chi connectivity index (χ1n) is 7.13. The number of carboxylic acids is 2. The average Bonchev–Trinajstić information content (AvgIpc) is 2.45. The van der Waals surface area contributed by atoms with Crippen LogP contribution in [-0.4, -0.2) is 22.2 Å². The van der Waals surface area contributed by atoms with Gasteiger partial charge < -0.3 is 10.2 Å². The molecule has 2 aliphatic carbocycles. The van der Waals surface area contributed by atoms with E-state index in [4.69, 9.17) is 0 Å². The van der Waals surface area contributed by atoms with E-state index in [2.05, 4.69) is 0 Å². The van der Waals surface area contributed by atoms with Gasteiger partial charge in [-0.3, -0.25) is 9.59 Å². The summed E-state index contributed by atoms with van der Waals surface area (Å²) in [4.78, 5) is 23.5. The van der Waals surface area contributed by atoms with E-state index < -0.39 is 23.3 Å². The van der Waals surface area contributed by atoms with Gasteiger partial charge in [0.1, 0.15) is 0 Å². The van der Waals surface area contributed by atoms with Gasteiger partial charge in [-0.05, 0) is 36.3 Å². The van der Waals surface area contributed by atoms with Crippen molar-refractivity contribution in [1.82, 2.24) is 0 Å². The number of benzene rings is 1. The van der Waals surface area contributed by atoms with Crippen LogP contribution in [0, 0.1) is 5.92 Å². The average molecular weight is 274 g/mol. The van der Waals surface area contributed by atoms with E-state index >= 15 is 0 Å². The van der Waals surface area contributed by atoms with Gasteiger partial charge in [0.15, 0.2) is 0 Å². The van der Waals surface area contributed by atoms with Gasteiger partial charge in [-0.1, -0.05) is 37.1 Å². The molecule has 0 heterocycles. The lowest BCUT2D eigenvalue weighted by molar-refractivity contribution is -0.151. The second-order valence-corrected chi connectivity index (χ2v) is 5.93. The molecule has 3 unspecified atom stereocenters. The molecule has 2 N–H and O–H groups in total. The van der Waals surface area contributed by atoms with Crippen LogP contribution >= 0.6 is 0 Å². The SMILES string of the molecule is O=C(O)C1CC2CCCCC2(C(=O)O)c2ccccc21. The fourth-order valence-corrected chi connectivity index (χ4v) is 4.17. The van der Waals surface area contributed by atoms with Crippen LogP contribution in [0.15, 0.2) is 24.3 Å². The van der Waals surface area contributed by atoms with Crippen molar-refractivity contribution in [2.45, 2.75) is 43.4 Å². The highest BCUT2D eigenvalue weighted by Crippen LogP contribution is 2.53. The summed E-state index contributed by atoms with van der Waals surface area (Å²) < 4.78 is 0. The first kappa shape index (κ1) is 13.2. The lowest BCUT2D eigenvalue weighted by atomic mass is 9.55. The van der Waals surface area contributed by atoms with Gasteiger partial charge in [0.05, 0.1) is 11.3 Å². The molecule has 1 aromatic carbocycles. The molecule has 3 rings (SSSR count). The highest BCUT2D eigenvalue weighted by molar-refractivity contribution is 5.86. The third-order valence-corrected chi connectivity index (χ3v) is 5.09. The quantitative estimate of drug-likeness (QED) is 0.869. The summed E-state index contributed by atoms with van der Waals surface area (Å²) in [6.45, 7) is 0. The Hall–Kier alpha value is -1.84. The monoisotopic (exact) mass is 274 g/mol. The van der Waals surface area contributed by atoms with E-state index in [-0.39, 0.29) is 5.92 Å². The summed E-state index contributed by atoms with van der Waals surface area (Å²) in [6.07, 6.45) is 3.77. The Morgan fingerprint density at radius 2 is 1.90 bits per heavy atom. The zero-order valence-electron chi connectivity index (χ0n) is 11.2. The van der Waals surface area contributed by atoms with Gasteiger partial charge >= 0.3 is 11.9 Å². The molecule has 0 radical (unpaired) electrons. The van der Waals surface area contributed by atoms with Gasteiger partial charge in [-0.25, -0.2) is 0 Å². The molecule has 0 aromatic heterocycles. The molecule has 0 bridgehead atoms. The van der Waals surface area contributed by atoms with Crippen LogP contribution < -0.4 is 0 Å². The van der Waals surface area contributed by atoms with Gasteiger partial charge in [0.25, 0.3) is 0 Å². The Morgan fingerprint density at radius 1 is 1.15 bits per heavy atom. The Labute approximate surface area is 117 Å². The Morgan fingerprint density at radius 3 is 2.60 bits per heavy atom. The molecule has 4 heteroatoms. The molecule has 2 aliphatic rings. The molecule has 0 saturated heterocycles. The third-order valence-electron chi connectivity index (χ3n) is 5.09. The largest absolute Gasteiger partial charge is 0.481 e. The summed E-state index contributed by atoms with van der Waals surface area (Å²) in [7, 11) is 0. The van der Waals surface area contributed by atoms with Crippen molar-refractivity contribution >= 4 is 11.9 Å². The van der Waals surface area contributed by atoms with E-state index in [0.29, 0.717) is 18.4 Å². The summed E-state index contributed by atoms with van der Waals surface area (Å²) in [5, 5.41) is 19.3. The van der Waals surface area contributed by atoms with Crippen LogP contribution in [0.4, 0.5) is 0 Å². The maximum Gasteiger partial charge on any atom is 0.314 e. The second-order valence-electron chi connectivity index (χ2n) is 5.93. The van der Waals surface area contributed by atoms with Gasteiger partial charge in [-0.15, -0.1) is 0 Å². The maximum atomic E-state index is 12.0. The zero-order chi connectivity index (χ0) is 14.3. The van der Waals surface area contributed by atoms with Crippen molar-refractivity contribution in [2.24, 2.45) is 5.92 Å². The van der Waals surface area contributed by atoms with Gasteiger partial charge in [0, 0.05) is 0 Å². The van der Waals surface area contributed by atoms with Gasteiger partial charge in [-0.2, -0.15) is 0 Å². The smallest absolute Gasteiger partial charge is 0.314 e. The Kier molecular flexibility index (Phi) is 3.04. The fraction of sp³-hybridized carbons (Fsp3) is 0.500. The van der Waals surface area contributed by atoms with E-state index in [9.17, 15) is 19.8 Å². The standard InChI is InChI=1S/C16H18O4/c17-14(18)12-9-10-5-3-4-8-16(10,15(19)20)13-7-2-1-6-11(12)13/h1-2,6-7,10,12H,3-5,8-9H2,(H,17,18)(H,19,20). The van der Waals surface area contributed by atoms with Crippen molar-refractivity contribution in [3.63, 3.8) is 0 Å². The van der Waals surface area contributed by atoms with E-state index in [1.807, 2.05) is 12.1 Å².